The second-order valence-corrected chi connectivity index (χ2v) is 6.29. The maximum Gasteiger partial charge on any atom is 0.269 e. The molecule has 0 atom stereocenters. The van der Waals surface area contributed by atoms with E-state index >= 15 is 0 Å². The first kappa shape index (κ1) is 17.4. The second-order valence-electron chi connectivity index (χ2n) is 6.29. The second kappa shape index (κ2) is 6.96. The van der Waals surface area contributed by atoms with Gasteiger partial charge in [0, 0.05) is 18.7 Å². The molecule has 7 heteroatoms. The van der Waals surface area contributed by atoms with Crippen LogP contribution in [0.5, 0.6) is 0 Å². The number of nitro groups is 1. The maximum atomic E-state index is 12.8. The summed E-state index contributed by atoms with van der Waals surface area (Å²) in [5, 5.41) is 14.1. The van der Waals surface area contributed by atoms with E-state index in [1.807, 2.05) is 0 Å². The van der Waals surface area contributed by atoms with Crippen molar-refractivity contribution in [2.24, 2.45) is 0 Å². The van der Waals surface area contributed by atoms with Crippen molar-refractivity contribution in [1.29, 1.82) is 0 Å². The smallest absolute Gasteiger partial charge is 0.269 e. The number of nitrogens with zero attached hydrogens (tertiary/aromatic N) is 2. The Balaban J connectivity index is 1.62. The van der Waals surface area contributed by atoms with Crippen molar-refractivity contribution in [3.63, 3.8) is 0 Å². The van der Waals surface area contributed by atoms with Gasteiger partial charge in [0.1, 0.15) is 0 Å². The van der Waals surface area contributed by atoms with Crippen LogP contribution < -0.4 is 10.2 Å². The Hall–Kier alpha value is -4.00. The third-order valence-electron chi connectivity index (χ3n) is 4.54. The Morgan fingerprint density at radius 1 is 0.857 bits per heavy atom. The van der Waals surface area contributed by atoms with Gasteiger partial charge < -0.3 is 5.32 Å². The van der Waals surface area contributed by atoms with Crippen molar-refractivity contribution >= 4 is 28.9 Å². The van der Waals surface area contributed by atoms with Crippen LogP contribution in [0.25, 0.3) is 0 Å². The molecule has 1 N–H and O–H groups in total. The minimum absolute atomic E-state index is 0.00735. The van der Waals surface area contributed by atoms with Gasteiger partial charge in [-0.2, -0.15) is 0 Å². The lowest BCUT2D eigenvalue weighted by Crippen LogP contribution is -2.30. The van der Waals surface area contributed by atoms with E-state index < -0.39 is 4.92 Å². The molecule has 0 spiro atoms. The molecule has 2 amide bonds. The molecule has 1 aliphatic heterocycles. The quantitative estimate of drug-likeness (QED) is 0.414. The van der Waals surface area contributed by atoms with Gasteiger partial charge in [0.05, 0.1) is 27.4 Å². The van der Waals surface area contributed by atoms with Crippen molar-refractivity contribution in [3.05, 3.63) is 99.6 Å². The molecule has 0 aromatic heterocycles. The number of carbonyl (C=O) groups excluding carboxylic acids is 2. The highest BCUT2D eigenvalue weighted by molar-refractivity contribution is 6.35. The highest BCUT2D eigenvalue weighted by Gasteiger charge is 2.37. The lowest BCUT2D eigenvalue weighted by atomic mass is 10.1. The number of non-ortho nitro benzene ring substituents is 1. The summed E-state index contributed by atoms with van der Waals surface area (Å²) in [6, 6.07) is 20.0. The Kier molecular flexibility index (Phi) is 4.33. The molecule has 0 unspecified atom stereocenters. The molecular formula is C21H15N3O4. The number of nitro benzene ring substituents is 1. The molecule has 7 nitrogen and oxygen atoms in total. The lowest BCUT2D eigenvalue weighted by Gasteiger charge is -2.19. The first-order chi connectivity index (χ1) is 13.6. The topological polar surface area (TPSA) is 92.6 Å². The number of anilines is 2. The molecule has 28 heavy (non-hydrogen) atoms. The minimum atomic E-state index is -0.448. The highest BCUT2D eigenvalue weighted by Crippen LogP contribution is 2.33. The Labute approximate surface area is 160 Å². The van der Waals surface area contributed by atoms with Crippen LogP contribution in [-0.2, 0) is 6.54 Å². The van der Waals surface area contributed by atoms with Gasteiger partial charge in [-0.3, -0.25) is 19.7 Å². The summed E-state index contributed by atoms with van der Waals surface area (Å²) >= 11 is 0. The van der Waals surface area contributed by atoms with Gasteiger partial charge >= 0.3 is 0 Å². The monoisotopic (exact) mass is 373 g/mol. The predicted molar refractivity (Wildman–Crippen MR) is 104 cm³/mol. The minimum Gasteiger partial charge on any atom is -0.379 e. The van der Waals surface area contributed by atoms with Gasteiger partial charge in [0.25, 0.3) is 17.5 Å². The van der Waals surface area contributed by atoms with E-state index in [2.05, 4.69) is 5.32 Å². The molecule has 0 fully saturated rings. The zero-order valence-corrected chi connectivity index (χ0v) is 14.7. The molecule has 0 bridgehead atoms. The fraction of sp³-hybridized carbons (Fsp3) is 0.0476. The first-order valence-electron chi connectivity index (χ1n) is 8.60. The SMILES string of the molecule is O=C1c2ccccc2C(=O)N1c1ccccc1NCc1cccc([N+](=O)[O-])c1. The van der Waals surface area contributed by atoms with Crippen molar-refractivity contribution < 1.29 is 14.5 Å². The standard InChI is InChI=1S/C21H15N3O4/c25-20-16-8-1-2-9-17(16)21(26)23(20)19-11-4-3-10-18(19)22-13-14-6-5-7-15(12-14)24(27)28/h1-12,22H,13H2. The largest absolute Gasteiger partial charge is 0.379 e. The Morgan fingerprint density at radius 3 is 2.18 bits per heavy atom. The number of amides is 2. The number of carbonyl (C=O) groups is 2. The summed E-state index contributed by atoms with van der Waals surface area (Å²) < 4.78 is 0. The van der Waals surface area contributed by atoms with Crippen LogP contribution in [0.2, 0.25) is 0 Å². The van der Waals surface area contributed by atoms with Gasteiger partial charge in [0.15, 0.2) is 0 Å². The molecule has 1 heterocycles. The van der Waals surface area contributed by atoms with Crippen LogP contribution >= 0.6 is 0 Å². The normalized spacial score (nSPS) is 12.8. The van der Waals surface area contributed by atoms with E-state index in [0.717, 1.165) is 4.90 Å². The number of nitrogens with one attached hydrogen (secondary N) is 1. The highest BCUT2D eigenvalue weighted by atomic mass is 16.6. The summed E-state index contributed by atoms with van der Waals surface area (Å²) in [6.45, 7) is 0.307. The van der Waals surface area contributed by atoms with Gasteiger partial charge in [0.2, 0.25) is 0 Å². The van der Waals surface area contributed by atoms with E-state index in [0.29, 0.717) is 34.6 Å². The molecule has 0 aliphatic carbocycles. The van der Waals surface area contributed by atoms with Crippen molar-refractivity contribution in [1.82, 2.24) is 0 Å². The van der Waals surface area contributed by atoms with Crippen molar-refractivity contribution in [2.75, 3.05) is 10.2 Å². The molecular weight excluding hydrogens is 358 g/mol. The van der Waals surface area contributed by atoms with Gasteiger partial charge in [-0.15, -0.1) is 0 Å². The summed E-state index contributed by atoms with van der Waals surface area (Å²) in [5.41, 5.74) is 2.50. The maximum absolute atomic E-state index is 12.8. The van der Waals surface area contributed by atoms with E-state index in [1.54, 1.807) is 60.7 Å². The molecule has 0 saturated heterocycles. The third-order valence-corrected chi connectivity index (χ3v) is 4.54. The number of imide groups is 1. The summed E-state index contributed by atoms with van der Waals surface area (Å²) in [5.74, 6) is -0.740. The number of fused-ring (bicyclic) bond motifs is 1. The number of hydrogen-bond donors (Lipinski definition) is 1. The average Bonchev–Trinajstić information content (AvgIpc) is 2.97. The summed E-state index contributed by atoms with van der Waals surface area (Å²) in [7, 11) is 0. The van der Waals surface area contributed by atoms with Gasteiger partial charge in [-0.05, 0) is 29.8 Å². The molecule has 138 valence electrons. The van der Waals surface area contributed by atoms with E-state index in [-0.39, 0.29) is 17.5 Å². The average molecular weight is 373 g/mol. The fourth-order valence-electron chi connectivity index (χ4n) is 3.20. The van der Waals surface area contributed by atoms with Crippen LogP contribution in [0.3, 0.4) is 0 Å². The molecule has 4 rings (SSSR count). The number of benzene rings is 3. The van der Waals surface area contributed by atoms with Crippen molar-refractivity contribution in [2.45, 2.75) is 6.54 Å². The Bertz CT molecular complexity index is 1080. The number of hydrogen-bond acceptors (Lipinski definition) is 5. The van der Waals surface area contributed by atoms with E-state index in [4.69, 9.17) is 0 Å². The Morgan fingerprint density at radius 2 is 1.50 bits per heavy atom. The fourth-order valence-corrected chi connectivity index (χ4v) is 3.20. The molecule has 3 aromatic carbocycles. The van der Waals surface area contributed by atoms with Gasteiger partial charge in [-0.1, -0.05) is 36.4 Å². The van der Waals surface area contributed by atoms with Crippen LogP contribution in [0.4, 0.5) is 17.1 Å². The molecule has 3 aromatic rings. The molecule has 1 aliphatic rings. The van der Waals surface area contributed by atoms with E-state index in [9.17, 15) is 19.7 Å². The third kappa shape index (κ3) is 2.99. The van der Waals surface area contributed by atoms with Gasteiger partial charge in [-0.25, -0.2) is 4.90 Å². The number of rotatable bonds is 5. The number of para-hydroxylation sites is 2. The summed E-state index contributed by atoms with van der Waals surface area (Å²) in [4.78, 5) is 37.2. The van der Waals surface area contributed by atoms with Crippen LogP contribution in [0.1, 0.15) is 26.3 Å². The van der Waals surface area contributed by atoms with Crippen LogP contribution in [0.15, 0.2) is 72.8 Å². The van der Waals surface area contributed by atoms with Crippen LogP contribution in [0, 0.1) is 10.1 Å². The molecule has 0 saturated carbocycles. The lowest BCUT2D eigenvalue weighted by molar-refractivity contribution is -0.384. The van der Waals surface area contributed by atoms with Crippen LogP contribution in [-0.4, -0.2) is 16.7 Å². The zero-order chi connectivity index (χ0) is 19.7. The van der Waals surface area contributed by atoms with Crippen molar-refractivity contribution in [3.8, 4) is 0 Å². The predicted octanol–water partition coefficient (Wildman–Crippen LogP) is 4.01. The molecule has 0 radical (unpaired) electrons. The first-order valence-corrected chi connectivity index (χ1v) is 8.60. The summed E-state index contributed by atoms with van der Waals surface area (Å²) in [6.07, 6.45) is 0. The van der Waals surface area contributed by atoms with E-state index in [1.165, 1.54) is 12.1 Å². The zero-order valence-electron chi connectivity index (χ0n) is 14.7.